The highest BCUT2D eigenvalue weighted by molar-refractivity contribution is 4.66. The van der Waals surface area contributed by atoms with E-state index < -0.39 is 5.97 Å². The molecule has 0 aliphatic carbocycles. The van der Waals surface area contributed by atoms with Gasteiger partial charge in [-0.2, -0.15) is 0 Å². The summed E-state index contributed by atoms with van der Waals surface area (Å²) in [4.78, 5) is 0. The molecule has 0 saturated heterocycles. The lowest BCUT2D eigenvalue weighted by atomic mass is 9.91. The van der Waals surface area contributed by atoms with Crippen LogP contribution in [-0.4, -0.2) is 37.5 Å². The van der Waals surface area contributed by atoms with Gasteiger partial charge < -0.3 is 19.3 Å². The minimum atomic E-state index is -0.890. The van der Waals surface area contributed by atoms with Crippen LogP contribution in [0.5, 0.6) is 0 Å². The molecule has 0 saturated carbocycles. The molecule has 0 fully saturated rings. The van der Waals surface area contributed by atoms with Crippen molar-refractivity contribution in [3.8, 4) is 0 Å². The van der Waals surface area contributed by atoms with E-state index in [4.69, 9.17) is 19.3 Å². The molecule has 0 rings (SSSR count). The molecule has 4 nitrogen and oxygen atoms in total. The van der Waals surface area contributed by atoms with E-state index in [9.17, 15) is 0 Å². The van der Waals surface area contributed by atoms with Gasteiger partial charge >= 0.3 is 0 Å². The number of rotatable bonds is 17. The molecule has 23 heavy (non-hydrogen) atoms. The first-order valence-electron chi connectivity index (χ1n) is 9.70. The molecule has 0 bridgehead atoms. The molecule has 1 atom stereocenters. The van der Waals surface area contributed by atoms with E-state index in [2.05, 4.69) is 6.92 Å². The predicted molar refractivity (Wildman–Crippen MR) is 95.4 cm³/mol. The third-order valence-electron chi connectivity index (χ3n) is 4.19. The lowest BCUT2D eigenvalue weighted by molar-refractivity contribution is -0.380. The van der Waals surface area contributed by atoms with Crippen molar-refractivity contribution in [3.05, 3.63) is 0 Å². The average molecular weight is 333 g/mol. The number of hydrogen-bond donors (Lipinski definition) is 1. The highest BCUT2D eigenvalue weighted by Crippen LogP contribution is 2.29. The summed E-state index contributed by atoms with van der Waals surface area (Å²) in [6, 6.07) is 0. The van der Waals surface area contributed by atoms with Gasteiger partial charge in [-0.25, -0.2) is 0 Å². The predicted octanol–water partition coefficient (Wildman–Crippen LogP) is 4.89. The first kappa shape index (κ1) is 22.8. The van der Waals surface area contributed by atoms with Gasteiger partial charge in [0.2, 0.25) is 0 Å². The number of aliphatic hydroxyl groups excluding tert-OH is 1. The monoisotopic (exact) mass is 332 g/mol. The van der Waals surface area contributed by atoms with Gasteiger partial charge in [0.25, 0.3) is 5.97 Å². The number of unbranched alkanes of at least 4 members (excludes halogenated alkanes) is 3. The molecule has 0 aliphatic heterocycles. The Kier molecular flexibility index (Phi) is 15.3. The molecular weight excluding hydrogens is 292 g/mol. The highest BCUT2D eigenvalue weighted by Gasteiger charge is 2.33. The van der Waals surface area contributed by atoms with Crippen molar-refractivity contribution in [3.63, 3.8) is 0 Å². The Morgan fingerprint density at radius 2 is 1.30 bits per heavy atom. The maximum Gasteiger partial charge on any atom is 0.282 e. The third kappa shape index (κ3) is 11.1. The molecule has 0 aromatic heterocycles. The second-order valence-corrected chi connectivity index (χ2v) is 6.10. The average Bonchev–Trinajstić information content (AvgIpc) is 2.54. The molecule has 1 N–H and O–H groups in total. The smallest absolute Gasteiger partial charge is 0.282 e. The van der Waals surface area contributed by atoms with E-state index in [1.807, 2.05) is 20.8 Å². The van der Waals surface area contributed by atoms with Crippen molar-refractivity contribution < 1.29 is 19.3 Å². The van der Waals surface area contributed by atoms with Crippen LogP contribution in [0.3, 0.4) is 0 Å². The van der Waals surface area contributed by atoms with Crippen molar-refractivity contribution in [1.82, 2.24) is 0 Å². The fourth-order valence-corrected chi connectivity index (χ4v) is 3.05. The van der Waals surface area contributed by atoms with Gasteiger partial charge in [0, 0.05) is 32.8 Å². The minimum absolute atomic E-state index is 0.277. The van der Waals surface area contributed by atoms with Crippen LogP contribution >= 0.6 is 0 Å². The lowest BCUT2D eigenvalue weighted by Gasteiger charge is -2.33. The Morgan fingerprint density at radius 1 is 0.739 bits per heavy atom. The zero-order valence-corrected chi connectivity index (χ0v) is 15.9. The molecule has 0 aromatic carbocycles. The summed E-state index contributed by atoms with van der Waals surface area (Å²) in [6.07, 6.45) is 10.1. The van der Waals surface area contributed by atoms with Gasteiger partial charge in [-0.3, -0.25) is 0 Å². The standard InChI is InChI=1S/C19H40O4/c1-5-9-10-11-13-18(14-12-17-20)15-16-19(21-6-2,22-7-3)23-8-4/h18,20H,5-17H2,1-4H3. The molecule has 0 aromatic rings. The maximum atomic E-state index is 9.13. The quantitative estimate of drug-likeness (QED) is 0.304. The minimum Gasteiger partial charge on any atom is -0.396 e. The molecule has 1 unspecified atom stereocenters. The molecule has 0 spiro atoms. The van der Waals surface area contributed by atoms with Crippen molar-refractivity contribution >= 4 is 0 Å². The molecule has 0 radical (unpaired) electrons. The van der Waals surface area contributed by atoms with E-state index in [1.54, 1.807) is 0 Å². The van der Waals surface area contributed by atoms with E-state index in [0.29, 0.717) is 25.7 Å². The van der Waals surface area contributed by atoms with Crippen LogP contribution in [0.1, 0.15) is 85.5 Å². The zero-order valence-electron chi connectivity index (χ0n) is 15.9. The van der Waals surface area contributed by atoms with Crippen molar-refractivity contribution in [1.29, 1.82) is 0 Å². The van der Waals surface area contributed by atoms with Gasteiger partial charge in [0.15, 0.2) is 0 Å². The van der Waals surface area contributed by atoms with E-state index in [0.717, 1.165) is 25.7 Å². The lowest BCUT2D eigenvalue weighted by Crippen LogP contribution is -2.40. The van der Waals surface area contributed by atoms with Crippen LogP contribution in [0.2, 0.25) is 0 Å². The Bertz CT molecular complexity index is 229. The Hall–Kier alpha value is -0.160. The topological polar surface area (TPSA) is 47.9 Å². The zero-order chi connectivity index (χ0) is 17.4. The number of ether oxygens (including phenoxy) is 3. The first-order chi connectivity index (χ1) is 11.2. The number of hydrogen-bond acceptors (Lipinski definition) is 4. The Labute approximate surface area is 143 Å². The van der Waals surface area contributed by atoms with E-state index in [-0.39, 0.29) is 6.61 Å². The summed E-state index contributed by atoms with van der Waals surface area (Å²) in [5, 5.41) is 9.13. The fourth-order valence-electron chi connectivity index (χ4n) is 3.05. The molecule has 4 heteroatoms. The molecule has 0 amide bonds. The van der Waals surface area contributed by atoms with Crippen LogP contribution in [0.15, 0.2) is 0 Å². The number of aliphatic hydroxyl groups is 1. The summed E-state index contributed by atoms with van der Waals surface area (Å²) < 4.78 is 17.4. The molecule has 0 aliphatic rings. The largest absolute Gasteiger partial charge is 0.396 e. The van der Waals surface area contributed by atoms with Crippen molar-refractivity contribution in [2.75, 3.05) is 26.4 Å². The molecular formula is C19H40O4. The van der Waals surface area contributed by atoms with Crippen molar-refractivity contribution in [2.24, 2.45) is 5.92 Å². The summed E-state index contributed by atoms with van der Waals surface area (Å²) in [7, 11) is 0. The second-order valence-electron chi connectivity index (χ2n) is 6.10. The van der Waals surface area contributed by atoms with Crippen molar-refractivity contribution in [2.45, 2.75) is 91.5 Å². The molecule has 0 heterocycles. The first-order valence-corrected chi connectivity index (χ1v) is 9.70. The van der Waals surface area contributed by atoms with Crippen LogP contribution in [0.4, 0.5) is 0 Å². The third-order valence-corrected chi connectivity index (χ3v) is 4.19. The molecule has 140 valence electrons. The van der Waals surface area contributed by atoms with E-state index >= 15 is 0 Å². The van der Waals surface area contributed by atoms with Crippen LogP contribution in [0, 0.1) is 5.92 Å². The van der Waals surface area contributed by atoms with Gasteiger partial charge in [0.1, 0.15) is 0 Å². The fraction of sp³-hybridized carbons (Fsp3) is 1.00. The summed E-state index contributed by atoms with van der Waals surface area (Å²) in [6.45, 7) is 10.2. The SMILES string of the molecule is CCCCCCC(CCCO)CCC(OCC)(OCC)OCC. The normalized spacial score (nSPS) is 13.4. The summed E-state index contributed by atoms with van der Waals surface area (Å²) in [5.74, 6) is -0.279. The van der Waals surface area contributed by atoms with Gasteiger partial charge in [0.05, 0.1) is 0 Å². The van der Waals surface area contributed by atoms with E-state index in [1.165, 1.54) is 32.1 Å². The van der Waals surface area contributed by atoms with Gasteiger partial charge in [-0.15, -0.1) is 0 Å². The highest BCUT2D eigenvalue weighted by atomic mass is 16.9. The van der Waals surface area contributed by atoms with Gasteiger partial charge in [-0.1, -0.05) is 39.0 Å². The summed E-state index contributed by atoms with van der Waals surface area (Å²) in [5.41, 5.74) is 0. The Morgan fingerprint density at radius 3 is 1.78 bits per heavy atom. The summed E-state index contributed by atoms with van der Waals surface area (Å²) >= 11 is 0. The van der Waals surface area contributed by atoms with Crippen LogP contribution in [-0.2, 0) is 14.2 Å². The second kappa shape index (κ2) is 15.4. The van der Waals surface area contributed by atoms with Crippen LogP contribution < -0.4 is 0 Å². The van der Waals surface area contributed by atoms with Crippen LogP contribution in [0.25, 0.3) is 0 Å². The maximum absolute atomic E-state index is 9.13. The van der Waals surface area contributed by atoms with Gasteiger partial charge in [-0.05, 0) is 46.0 Å². The Balaban J connectivity index is 4.52.